The van der Waals surface area contributed by atoms with Gasteiger partial charge in [0, 0.05) is 30.5 Å². The van der Waals surface area contributed by atoms with Crippen LogP contribution in [0.1, 0.15) is 34.9 Å². The van der Waals surface area contributed by atoms with Crippen molar-refractivity contribution >= 4 is 12.0 Å². The second-order valence-corrected chi connectivity index (χ2v) is 4.20. The van der Waals surface area contributed by atoms with Gasteiger partial charge < -0.3 is 5.32 Å². The van der Waals surface area contributed by atoms with E-state index in [0.29, 0.717) is 11.7 Å². The average Bonchev–Trinajstić information content (AvgIpc) is 2.74. The standard InChI is InChI=1S/C12H17N3O/c1-13-11-6-9(8-16)14-7-10(11)12-4-3-5-15(12)2/h6-8,12H,3-5H2,1-2H3,(H,13,14). The predicted octanol–water partition coefficient (Wildman–Crippen LogP) is 1.70. The maximum Gasteiger partial charge on any atom is 0.168 e. The molecular weight excluding hydrogens is 202 g/mol. The molecule has 16 heavy (non-hydrogen) atoms. The Labute approximate surface area is 95.7 Å². The Morgan fingerprint density at radius 2 is 2.44 bits per heavy atom. The molecule has 1 aromatic rings. The second kappa shape index (κ2) is 4.61. The van der Waals surface area contributed by atoms with Gasteiger partial charge in [-0.15, -0.1) is 0 Å². The molecule has 1 aromatic heterocycles. The monoisotopic (exact) mass is 219 g/mol. The van der Waals surface area contributed by atoms with Crippen LogP contribution in [0.4, 0.5) is 5.69 Å². The van der Waals surface area contributed by atoms with Crippen molar-refractivity contribution in [2.24, 2.45) is 0 Å². The van der Waals surface area contributed by atoms with Crippen LogP contribution in [-0.2, 0) is 0 Å². The minimum absolute atomic E-state index is 0.427. The predicted molar refractivity (Wildman–Crippen MR) is 63.8 cm³/mol. The minimum Gasteiger partial charge on any atom is -0.388 e. The minimum atomic E-state index is 0.427. The van der Waals surface area contributed by atoms with Crippen molar-refractivity contribution in [2.75, 3.05) is 26.0 Å². The summed E-state index contributed by atoms with van der Waals surface area (Å²) in [6.45, 7) is 1.13. The van der Waals surface area contributed by atoms with Gasteiger partial charge in [-0.2, -0.15) is 0 Å². The molecule has 4 nitrogen and oxygen atoms in total. The highest BCUT2D eigenvalue weighted by Crippen LogP contribution is 2.34. The van der Waals surface area contributed by atoms with Crippen molar-refractivity contribution in [1.29, 1.82) is 0 Å². The van der Waals surface area contributed by atoms with E-state index in [1.54, 1.807) is 0 Å². The zero-order valence-electron chi connectivity index (χ0n) is 9.73. The van der Waals surface area contributed by atoms with E-state index in [0.717, 1.165) is 24.9 Å². The molecule has 1 aliphatic rings. The summed E-state index contributed by atoms with van der Waals surface area (Å²) < 4.78 is 0. The third kappa shape index (κ3) is 1.93. The Balaban J connectivity index is 2.36. The number of carbonyl (C=O) groups is 1. The number of hydrogen-bond acceptors (Lipinski definition) is 4. The highest BCUT2D eigenvalue weighted by atomic mass is 16.1. The summed E-state index contributed by atoms with van der Waals surface area (Å²) in [6.07, 6.45) is 4.98. The molecule has 1 unspecified atom stereocenters. The molecule has 0 amide bonds. The summed E-state index contributed by atoms with van der Waals surface area (Å²) in [6, 6.07) is 2.24. The highest BCUT2D eigenvalue weighted by Gasteiger charge is 2.24. The molecule has 0 saturated carbocycles. The summed E-state index contributed by atoms with van der Waals surface area (Å²) in [5.41, 5.74) is 2.68. The van der Waals surface area contributed by atoms with Crippen LogP contribution in [0, 0.1) is 0 Å². The highest BCUT2D eigenvalue weighted by molar-refractivity contribution is 5.74. The fourth-order valence-electron chi connectivity index (χ4n) is 2.33. The fourth-order valence-corrected chi connectivity index (χ4v) is 2.33. The molecule has 2 rings (SSSR count). The van der Waals surface area contributed by atoms with Crippen LogP contribution in [0.5, 0.6) is 0 Å². The Kier molecular flexibility index (Phi) is 3.19. The lowest BCUT2D eigenvalue weighted by Crippen LogP contribution is -2.19. The van der Waals surface area contributed by atoms with Crippen LogP contribution in [0.15, 0.2) is 12.3 Å². The number of carbonyl (C=O) groups excluding carboxylic acids is 1. The number of aromatic nitrogens is 1. The first-order chi connectivity index (χ1) is 7.76. The van der Waals surface area contributed by atoms with E-state index in [1.807, 2.05) is 19.3 Å². The van der Waals surface area contributed by atoms with Gasteiger partial charge >= 0.3 is 0 Å². The van der Waals surface area contributed by atoms with Gasteiger partial charge in [0.2, 0.25) is 0 Å². The van der Waals surface area contributed by atoms with Crippen molar-refractivity contribution in [2.45, 2.75) is 18.9 Å². The van der Waals surface area contributed by atoms with Gasteiger partial charge in [-0.05, 0) is 32.5 Å². The molecule has 1 atom stereocenters. The van der Waals surface area contributed by atoms with E-state index >= 15 is 0 Å². The van der Waals surface area contributed by atoms with Crippen LogP contribution >= 0.6 is 0 Å². The Morgan fingerprint density at radius 3 is 3.00 bits per heavy atom. The molecule has 86 valence electrons. The molecule has 2 heterocycles. The van der Waals surface area contributed by atoms with Gasteiger partial charge in [-0.3, -0.25) is 14.7 Å². The van der Waals surface area contributed by atoms with E-state index < -0.39 is 0 Å². The Hall–Kier alpha value is -1.42. The van der Waals surface area contributed by atoms with Crippen LogP contribution in [0.3, 0.4) is 0 Å². The van der Waals surface area contributed by atoms with Gasteiger partial charge in [-0.25, -0.2) is 0 Å². The molecule has 0 aromatic carbocycles. The Morgan fingerprint density at radius 1 is 1.62 bits per heavy atom. The summed E-state index contributed by atoms with van der Waals surface area (Å²) in [5, 5.41) is 3.14. The number of pyridine rings is 1. The molecule has 0 bridgehead atoms. The molecule has 1 saturated heterocycles. The largest absolute Gasteiger partial charge is 0.388 e. The van der Waals surface area contributed by atoms with Crippen LogP contribution in [0.25, 0.3) is 0 Å². The summed E-state index contributed by atoms with van der Waals surface area (Å²) in [5.74, 6) is 0. The maximum absolute atomic E-state index is 10.7. The fraction of sp³-hybridized carbons (Fsp3) is 0.500. The molecule has 4 heteroatoms. The van der Waals surface area contributed by atoms with E-state index in [-0.39, 0.29) is 0 Å². The quantitative estimate of drug-likeness (QED) is 0.786. The van der Waals surface area contributed by atoms with Crippen LogP contribution < -0.4 is 5.32 Å². The number of nitrogens with one attached hydrogen (secondary N) is 1. The molecule has 1 N–H and O–H groups in total. The lowest BCUT2D eigenvalue weighted by molar-refractivity contribution is 0.111. The van der Waals surface area contributed by atoms with E-state index in [9.17, 15) is 4.79 Å². The lowest BCUT2D eigenvalue weighted by atomic mass is 10.0. The van der Waals surface area contributed by atoms with Gasteiger partial charge in [0.25, 0.3) is 0 Å². The third-order valence-corrected chi connectivity index (χ3v) is 3.23. The molecule has 0 spiro atoms. The normalized spacial score (nSPS) is 21.0. The summed E-state index contributed by atoms with van der Waals surface area (Å²) in [4.78, 5) is 17.2. The number of hydrogen-bond donors (Lipinski definition) is 1. The zero-order valence-corrected chi connectivity index (χ0v) is 9.73. The van der Waals surface area contributed by atoms with Gasteiger partial charge in [0.1, 0.15) is 5.69 Å². The number of rotatable bonds is 3. The van der Waals surface area contributed by atoms with Crippen molar-refractivity contribution in [3.8, 4) is 0 Å². The smallest absolute Gasteiger partial charge is 0.168 e. The van der Waals surface area contributed by atoms with Crippen LogP contribution in [0.2, 0.25) is 0 Å². The second-order valence-electron chi connectivity index (χ2n) is 4.20. The molecule has 0 aliphatic carbocycles. The van der Waals surface area contributed by atoms with Crippen molar-refractivity contribution in [1.82, 2.24) is 9.88 Å². The Bertz CT molecular complexity index is 392. The first-order valence-electron chi connectivity index (χ1n) is 5.59. The number of aldehydes is 1. The van der Waals surface area contributed by atoms with E-state index in [4.69, 9.17) is 0 Å². The van der Waals surface area contributed by atoms with Gasteiger partial charge in [0.05, 0.1) is 0 Å². The summed E-state index contributed by atoms with van der Waals surface area (Å²) in [7, 11) is 4.01. The van der Waals surface area contributed by atoms with Gasteiger partial charge in [0.15, 0.2) is 6.29 Å². The molecule has 1 aliphatic heterocycles. The number of likely N-dealkylation sites (tertiary alicyclic amines) is 1. The van der Waals surface area contributed by atoms with Crippen molar-refractivity contribution < 1.29 is 4.79 Å². The third-order valence-electron chi connectivity index (χ3n) is 3.23. The first-order valence-corrected chi connectivity index (χ1v) is 5.59. The average molecular weight is 219 g/mol. The maximum atomic E-state index is 10.7. The number of nitrogens with zero attached hydrogens (tertiary/aromatic N) is 2. The van der Waals surface area contributed by atoms with Crippen molar-refractivity contribution in [3.05, 3.63) is 23.5 Å². The van der Waals surface area contributed by atoms with Gasteiger partial charge in [-0.1, -0.05) is 0 Å². The van der Waals surface area contributed by atoms with E-state index in [1.165, 1.54) is 12.0 Å². The first kappa shape index (κ1) is 11.1. The van der Waals surface area contributed by atoms with Crippen LogP contribution in [-0.4, -0.2) is 36.8 Å². The van der Waals surface area contributed by atoms with E-state index in [2.05, 4.69) is 22.2 Å². The summed E-state index contributed by atoms with van der Waals surface area (Å²) >= 11 is 0. The molecule has 0 radical (unpaired) electrons. The zero-order chi connectivity index (χ0) is 11.5. The van der Waals surface area contributed by atoms with Crippen molar-refractivity contribution in [3.63, 3.8) is 0 Å². The topological polar surface area (TPSA) is 45.2 Å². The molecular formula is C12H17N3O. The molecule has 1 fully saturated rings. The SMILES string of the molecule is CNc1cc(C=O)ncc1C1CCCN1C. The number of anilines is 1. The lowest BCUT2D eigenvalue weighted by Gasteiger charge is -2.22.